The van der Waals surface area contributed by atoms with Crippen LogP contribution in [0, 0.1) is 16.7 Å². The summed E-state index contributed by atoms with van der Waals surface area (Å²) in [6.07, 6.45) is 3.97. The summed E-state index contributed by atoms with van der Waals surface area (Å²) in [5, 5.41) is 10.3. The van der Waals surface area contributed by atoms with Gasteiger partial charge in [0.25, 0.3) is 0 Å². The van der Waals surface area contributed by atoms with Gasteiger partial charge in [-0.25, -0.2) is 0 Å². The van der Waals surface area contributed by atoms with Crippen LogP contribution in [0.3, 0.4) is 0 Å². The summed E-state index contributed by atoms with van der Waals surface area (Å²) >= 11 is 1.85. The molecule has 0 amide bonds. The predicted molar refractivity (Wildman–Crippen MR) is 72.2 cm³/mol. The smallest absolute Gasteiger partial charge is 0.130 e. The van der Waals surface area contributed by atoms with E-state index in [1.807, 2.05) is 11.8 Å². The number of fused-ring (bicyclic) bond motifs is 2. The van der Waals surface area contributed by atoms with E-state index < -0.39 is 0 Å². The van der Waals surface area contributed by atoms with E-state index >= 15 is 0 Å². The Morgan fingerprint density at radius 1 is 1.47 bits per heavy atom. The van der Waals surface area contributed by atoms with E-state index in [1.54, 1.807) is 6.92 Å². The summed E-state index contributed by atoms with van der Waals surface area (Å²) in [6.45, 7) is 6.30. The van der Waals surface area contributed by atoms with Crippen LogP contribution in [-0.4, -0.2) is 28.5 Å². The van der Waals surface area contributed by atoms with E-state index in [9.17, 15) is 9.90 Å². The lowest BCUT2D eigenvalue weighted by Crippen LogP contribution is -2.41. The van der Waals surface area contributed by atoms with Crippen molar-refractivity contribution in [3.05, 3.63) is 0 Å². The zero-order valence-corrected chi connectivity index (χ0v) is 12.0. The Balaban J connectivity index is 1.95. The van der Waals surface area contributed by atoms with Crippen molar-refractivity contribution in [3.8, 4) is 0 Å². The lowest BCUT2D eigenvalue weighted by atomic mass is 9.70. The summed E-state index contributed by atoms with van der Waals surface area (Å²) in [5.74, 6) is 2.90. The summed E-state index contributed by atoms with van der Waals surface area (Å²) in [7, 11) is 0. The minimum Gasteiger partial charge on any atom is -0.392 e. The molecule has 2 aliphatic rings. The van der Waals surface area contributed by atoms with Gasteiger partial charge in [-0.15, -0.1) is 0 Å². The van der Waals surface area contributed by atoms with Crippen LogP contribution in [0.2, 0.25) is 0 Å². The lowest BCUT2D eigenvalue weighted by Gasteiger charge is -2.40. The highest BCUT2D eigenvalue weighted by Gasteiger charge is 2.63. The van der Waals surface area contributed by atoms with Gasteiger partial charge < -0.3 is 5.11 Å². The van der Waals surface area contributed by atoms with Crippen molar-refractivity contribution < 1.29 is 9.90 Å². The molecule has 0 heterocycles. The van der Waals surface area contributed by atoms with Gasteiger partial charge in [0.05, 0.1) is 6.10 Å². The molecule has 3 heteroatoms. The second-order valence-electron chi connectivity index (χ2n) is 6.37. The van der Waals surface area contributed by atoms with Crippen LogP contribution >= 0.6 is 11.8 Å². The van der Waals surface area contributed by atoms with Crippen molar-refractivity contribution in [1.82, 2.24) is 0 Å². The SMILES string of the molecule is CC(=O)CCSC[C@]12CC[C@H](C[C@H]1O)C2(C)C. The van der Waals surface area contributed by atoms with Gasteiger partial charge in [-0.05, 0) is 37.5 Å². The van der Waals surface area contributed by atoms with Crippen molar-refractivity contribution in [2.24, 2.45) is 16.7 Å². The molecule has 0 aromatic rings. The fraction of sp³-hybridized carbons (Fsp3) is 0.929. The largest absolute Gasteiger partial charge is 0.392 e. The minimum absolute atomic E-state index is 0.110. The Morgan fingerprint density at radius 2 is 2.18 bits per heavy atom. The van der Waals surface area contributed by atoms with Gasteiger partial charge in [0, 0.05) is 23.3 Å². The minimum atomic E-state index is -0.124. The fourth-order valence-corrected chi connectivity index (χ4v) is 5.50. The lowest BCUT2D eigenvalue weighted by molar-refractivity contribution is -0.116. The van der Waals surface area contributed by atoms with Gasteiger partial charge in [0.1, 0.15) is 5.78 Å². The quantitative estimate of drug-likeness (QED) is 0.769. The molecular formula is C14H24O2S. The number of aliphatic hydroxyl groups excluding tert-OH is 1. The third kappa shape index (κ3) is 2.06. The van der Waals surface area contributed by atoms with Gasteiger partial charge in [-0.3, -0.25) is 4.79 Å². The van der Waals surface area contributed by atoms with Gasteiger partial charge in [0.15, 0.2) is 0 Å². The third-order valence-electron chi connectivity index (χ3n) is 5.35. The summed E-state index contributed by atoms with van der Waals surface area (Å²) in [4.78, 5) is 10.9. The first-order chi connectivity index (χ1) is 7.90. The molecule has 0 radical (unpaired) electrons. The Morgan fingerprint density at radius 3 is 2.65 bits per heavy atom. The summed E-state index contributed by atoms with van der Waals surface area (Å²) < 4.78 is 0. The molecule has 0 unspecified atom stereocenters. The van der Waals surface area contributed by atoms with Crippen molar-refractivity contribution in [2.45, 2.75) is 52.6 Å². The molecule has 98 valence electrons. The number of hydrogen-bond donors (Lipinski definition) is 1. The molecule has 2 nitrogen and oxygen atoms in total. The van der Waals surface area contributed by atoms with E-state index in [-0.39, 0.29) is 22.7 Å². The molecule has 0 saturated heterocycles. The van der Waals surface area contributed by atoms with Crippen LogP contribution < -0.4 is 0 Å². The van der Waals surface area contributed by atoms with E-state index in [1.165, 1.54) is 12.8 Å². The Labute approximate surface area is 109 Å². The number of ketones is 1. The number of carbonyl (C=O) groups excluding carboxylic acids is 1. The highest BCUT2D eigenvalue weighted by Crippen LogP contribution is 2.66. The van der Waals surface area contributed by atoms with Crippen LogP contribution in [-0.2, 0) is 4.79 Å². The average molecular weight is 256 g/mol. The van der Waals surface area contributed by atoms with Crippen LogP contribution in [0.25, 0.3) is 0 Å². The first-order valence-electron chi connectivity index (χ1n) is 6.65. The molecule has 2 saturated carbocycles. The predicted octanol–water partition coefficient (Wildman–Crippen LogP) is 2.89. The molecule has 0 aromatic carbocycles. The molecule has 1 N–H and O–H groups in total. The van der Waals surface area contributed by atoms with Crippen LogP contribution in [0.5, 0.6) is 0 Å². The molecule has 17 heavy (non-hydrogen) atoms. The van der Waals surface area contributed by atoms with Crippen LogP contribution in [0.15, 0.2) is 0 Å². The van der Waals surface area contributed by atoms with Crippen LogP contribution in [0.1, 0.15) is 46.5 Å². The van der Waals surface area contributed by atoms with Gasteiger partial charge in [0.2, 0.25) is 0 Å². The van der Waals surface area contributed by atoms with E-state index in [0.29, 0.717) is 12.3 Å². The van der Waals surface area contributed by atoms with Gasteiger partial charge in [-0.1, -0.05) is 13.8 Å². The van der Waals surface area contributed by atoms with Crippen LogP contribution in [0.4, 0.5) is 0 Å². The molecular weight excluding hydrogens is 232 g/mol. The van der Waals surface area contributed by atoms with Gasteiger partial charge in [-0.2, -0.15) is 11.8 Å². The number of Topliss-reactive ketones (excluding diaryl/α,β-unsaturated/α-hetero) is 1. The molecule has 0 aromatic heterocycles. The molecule has 0 spiro atoms. The van der Waals surface area contributed by atoms with Crippen molar-refractivity contribution >= 4 is 17.5 Å². The zero-order valence-electron chi connectivity index (χ0n) is 11.2. The maximum Gasteiger partial charge on any atom is 0.130 e. The van der Waals surface area contributed by atoms with Gasteiger partial charge >= 0.3 is 0 Å². The zero-order chi connectivity index (χ0) is 12.7. The number of carbonyl (C=O) groups is 1. The van der Waals surface area contributed by atoms with Crippen molar-refractivity contribution in [2.75, 3.05) is 11.5 Å². The van der Waals surface area contributed by atoms with Crippen molar-refractivity contribution in [3.63, 3.8) is 0 Å². The topological polar surface area (TPSA) is 37.3 Å². The molecule has 2 rings (SSSR count). The average Bonchev–Trinajstić information content (AvgIpc) is 2.58. The third-order valence-corrected chi connectivity index (χ3v) is 6.56. The highest BCUT2D eigenvalue weighted by atomic mass is 32.2. The monoisotopic (exact) mass is 256 g/mol. The number of hydrogen-bond acceptors (Lipinski definition) is 3. The summed E-state index contributed by atoms with van der Waals surface area (Å²) in [5.41, 5.74) is 0.384. The Kier molecular flexibility index (Phi) is 3.61. The maximum absolute atomic E-state index is 10.9. The second-order valence-corrected chi connectivity index (χ2v) is 7.47. The molecule has 0 aliphatic heterocycles. The molecule has 2 bridgehead atoms. The number of thioether (sulfide) groups is 1. The molecule has 2 fully saturated rings. The number of aliphatic hydroxyl groups is 1. The maximum atomic E-state index is 10.9. The fourth-order valence-electron chi connectivity index (χ4n) is 3.85. The molecule has 3 atom stereocenters. The van der Waals surface area contributed by atoms with E-state index in [0.717, 1.165) is 17.9 Å². The first kappa shape index (κ1) is 13.4. The normalized spacial score (nSPS) is 38.6. The Bertz CT molecular complexity index is 313. The first-order valence-corrected chi connectivity index (χ1v) is 7.81. The summed E-state index contributed by atoms with van der Waals surface area (Å²) in [6, 6.07) is 0. The van der Waals surface area contributed by atoms with E-state index in [4.69, 9.17) is 0 Å². The second kappa shape index (κ2) is 4.58. The standard InChI is InChI=1S/C14H24O2S/c1-10(15)5-7-17-9-14-6-4-11(8-12(14)16)13(14,2)3/h11-12,16H,4-9H2,1-3H3/t11-,12-,14-/m1/s1. The number of rotatable bonds is 5. The Hall–Kier alpha value is -0.0200. The van der Waals surface area contributed by atoms with E-state index in [2.05, 4.69) is 13.8 Å². The highest BCUT2D eigenvalue weighted by molar-refractivity contribution is 7.99. The molecule has 2 aliphatic carbocycles. The van der Waals surface area contributed by atoms with Crippen molar-refractivity contribution in [1.29, 1.82) is 0 Å².